The van der Waals surface area contributed by atoms with E-state index in [0.717, 1.165) is 41.4 Å². The molecule has 1 aliphatic carbocycles. The van der Waals surface area contributed by atoms with Crippen LogP contribution in [0.3, 0.4) is 0 Å². The Kier molecular flexibility index (Phi) is 3.72. The highest BCUT2D eigenvalue weighted by atomic mass is 16.5. The summed E-state index contributed by atoms with van der Waals surface area (Å²) in [6.07, 6.45) is 3.06. The van der Waals surface area contributed by atoms with Crippen molar-refractivity contribution in [3.05, 3.63) is 41.6 Å². The van der Waals surface area contributed by atoms with E-state index in [4.69, 9.17) is 9.72 Å². The summed E-state index contributed by atoms with van der Waals surface area (Å²) in [7, 11) is 1.80. The summed E-state index contributed by atoms with van der Waals surface area (Å²) < 4.78 is 5.89. The lowest BCUT2D eigenvalue weighted by Crippen LogP contribution is -2.54. The number of hydrogen-bond donors (Lipinski definition) is 0. The number of aromatic nitrogens is 1. The van der Waals surface area contributed by atoms with Gasteiger partial charge in [-0.25, -0.2) is 0 Å². The third-order valence-electron chi connectivity index (χ3n) is 6.02. The van der Waals surface area contributed by atoms with Gasteiger partial charge in [0.1, 0.15) is 12.2 Å². The molecule has 0 radical (unpaired) electrons. The van der Waals surface area contributed by atoms with E-state index in [1.165, 1.54) is 0 Å². The van der Waals surface area contributed by atoms with Crippen molar-refractivity contribution in [2.75, 3.05) is 33.3 Å². The molecule has 2 amide bonds. The zero-order valence-electron chi connectivity index (χ0n) is 15.5. The van der Waals surface area contributed by atoms with Gasteiger partial charge >= 0.3 is 0 Å². The first kappa shape index (κ1) is 16.7. The quantitative estimate of drug-likeness (QED) is 0.818. The SMILES string of the molecule is CN1CC2(CCN(C(=O)c3cc(C4CC4)nc4ccccc34)C2)OCC1=O. The van der Waals surface area contributed by atoms with Gasteiger partial charge in [-0.3, -0.25) is 14.6 Å². The molecule has 1 saturated carbocycles. The van der Waals surface area contributed by atoms with Gasteiger partial charge in [-0.05, 0) is 31.4 Å². The summed E-state index contributed by atoms with van der Waals surface area (Å²) in [5, 5.41) is 0.907. The summed E-state index contributed by atoms with van der Waals surface area (Å²) in [5.74, 6) is 0.530. The fourth-order valence-electron chi connectivity index (χ4n) is 4.29. The Morgan fingerprint density at radius 3 is 2.85 bits per heavy atom. The number of para-hydroxylation sites is 1. The Morgan fingerprint density at radius 1 is 1.26 bits per heavy atom. The second-order valence-electron chi connectivity index (χ2n) is 8.08. The van der Waals surface area contributed by atoms with Gasteiger partial charge in [-0.15, -0.1) is 0 Å². The molecule has 2 saturated heterocycles. The van der Waals surface area contributed by atoms with Crippen LogP contribution in [0.25, 0.3) is 10.9 Å². The van der Waals surface area contributed by atoms with Gasteiger partial charge in [-0.2, -0.15) is 0 Å². The molecule has 140 valence electrons. The smallest absolute Gasteiger partial charge is 0.254 e. The number of likely N-dealkylation sites (tertiary alicyclic amines) is 1. The predicted octanol–water partition coefficient (Wildman–Crippen LogP) is 2.19. The maximum atomic E-state index is 13.4. The van der Waals surface area contributed by atoms with Crippen LogP contribution in [0.4, 0.5) is 0 Å². The fourth-order valence-corrected chi connectivity index (χ4v) is 4.29. The molecule has 0 N–H and O–H groups in total. The number of carbonyl (C=O) groups excluding carboxylic acids is 2. The molecule has 27 heavy (non-hydrogen) atoms. The van der Waals surface area contributed by atoms with Crippen molar-refractivity contribution in [2.24, 2.45) is 0 Å². The second-order valence-corrected chi connectivity index (χ2v) is 8.08. The van der Waals surface area contributed by atoms with Gasteiger partial charge in [0.2, 0.25) is 5.91 Å². The van der Waals surface area contributed by atoms with E-state index in [9.17, 15) is 9.59 Å². The maximum absolute atomic E-state index is 13.4. The minimum absolute atomic E-state index is 0.000366. The first-order chi connectivity index (χ1) is 13.0. The molecule has 3 heterocycles. The molecule has 0 bridgehead atoms. The summed E-state index contributed by atoms with van der Waals surface area (Å²) in [6, 6.07) is 9.86. The van der Waals surface area contributed by atoms with Gasteiger partial charge in [-0.1, -0.05) is 18.2 Å². The van der Waals surface area contributed by atoms with Crippen molar-refractivity contribution in [1.29, 1.82) is 0 Å². The number of amides is 2. The lowest BCUT2D eigenvalue weighted by molar-refractivity contribution is -0.158. The minimum Gasteiger partial charge on any atom is -0.361 e. The van der Waals surface area contributed by atoms with E-state index in [2.05, 4.69) is 0 Å². The topological polar surface area (TPSA) is 62.7 Å². The van der Waals surface area contributed by atoms with Crippen LogP contribution in [0.15, 0.2) is 30.3 Å². The van der Waals surface area contributed by atoms with Crippen molar-refractivity contribution >= 4 is 22.7 Å². The first-order valence-electron chi connectivity index (χ1n) is 9.62. The number of rotatable bonds is 2. The van der Waals surface area contributed by atoms with Gasteiger partial charge in [0.25, 0.3) is 5.91 Å². The van der Waals surface area contributed by atoms with E-state index in [1.807, 2.05) is 35.2 Å². The van der Waals surface area contributed by atoms with Crippen molar-refractivity contribution in [2.45, 2.75) is 30.8 Å². The van der Waals surface area contributed by atoms with Crippen LogP contribution in [0.2, 0.25) is 0 Å². The Morgan fingerprint density at radius 2 is 2.07 bits per heavy atom. The predicted molar refractivity (Wildman–Crippen MR) is 101 cm³/mol. The van der Waals surface area contributed by atoms with Gasteiger partial charge in [0, 0.05) is 30.6 Å². The number of likely N-dealkylation sites (N-methyl/N-ethyl adjacent to an activating group) is 1. The molecule has 1 aromatic heterocycles. The van der Waals surface area contributed by atoms with E-state index in [1.54, 1.807) is 11.9 Å². The third-order valence-corrected chi connectivity index (χ3v) is 6.02. The average molecular weight is 365 g/mol. The highest BCUT2D eigenvalue weighted by Crippen LogP contribution is 2.40. The van der Waals surface area contributed by atoms with E-state index in [-0.39, 0.29) is 18.4 Å². The molecule has 1 atom stereocenters. The van der Waals surface area contributed by atoms with Gasteiger partial charge in [0.15, 0.2) is 0 Å². The number of ether oxygens (including phenoxy) is 1. The first-order valence-corrected chi connectivity index (χ1v) is 9.62. The highest BCUT2D eigenvalue weighted by Gasteiger charge is 2.45. The summed E-state index contributed by atoms with van der Waals surface area (Å²) in [6.45, 7) is 1.82. The number of fused-ring (bicyclic) bond motifs is 1. The van der Waals surface area contributed by atoms with Crippen LogP contribution in [0, 0.1) is 0 Å². The molecule has 2 aromatic rings. The van der Waals surface area contributed by atoms with Crippen LogP contribution in [0.5, 0.6) is 0 Å². The lowest BCUT2D eigenvalue weighted by Gasteiger charge is -2.38. The maximum Gasteiger partial charge on any atom is 0.254 e. The van der Waals surface area contributed by atoms with Crippen LogP contribution >= 0.6 is 0 Å². The van der Waals surface area contributed by atoms with Gasteiger partial charge in [0.05, 0.1) is 24.2 Å². The third kappa shape index (κ3) is 2.88. The molecule has 1 spiro atoms. The second kappa shape index (κ2) is 6.02. The number of carbonyl (C=O) groups is 2. The molecule has 3 fully saturated rings. The molecule has 6 nitrogen and oxygen atoms in total. The van der Waals surface area contributed by atoms with Crippen molar-refractivity contribution < 1.29 is 14.3 Å². The van der Waals surface area contributed by atoms with E-state index < -0.39 is 5.60 Å². The Labute approximate surface area is 158 Å². The molecular formula is C21H23N3O3. The summed E-state index contributed by atoms with van der Waals surface area (Å²) in [4.78, 5) is 33.5. The number of pyridine rings is 1. The van der Waals surface area contributed by atoms with Crippen molar-refractivity contribution in [3.63, 3.8) is 0 Å². The molecule has 1 aromatic carbocycles. The van der Waals surface area contributed by atoms with Crippen LogP contribution < -0.4 is 0 Å². The minimum atomic E-state index is -0.430. The normalized spacial score (nSPS) is 25.6. The summed E-state index contributed by atoms with van der Waals surface area (Å²) >= 11 is 0. The molecule has 1 unspecified atom stereocenters. The van der Waals surface area contributed by atoms with E-state index >= 15 is 0 Å². The number of hydrogen-bond acceptors (Lipinski definition) is 4. The van der Waals surface area contributed by atoms with Crippen LogP contribution in [-0.2, 0) is 9.53 Å². The van der Waals surface area contributed by atoms with Crippen molar-refractivity contribution in [3.8, 4) is 0 Å². The standard InChI is InChI=1S/C21H23N3O3/c1-23-12-21(27-11-19(23)25)8-9-24(13-21)20(26)16-10-18(14-6-7-14)22-17-5-3-2-4-15(16)17/h2-5,10,14H,6-9,11-13H2,1H3. The molecule has 2 aliphatic heterocycles. The largest absolute Gasteiger partial charge is 0.361 e. The monoisotopic (exact) mass is 365 g/mol. The Hall–Kier alpha value is -2.47. The average Bonchev–Trinajstić information content (AvgIpc) is 3.45. The summed E-state index contributed by atoms with van der Waals surface area (Å²) in [5.41, 5.74) is 2.23. The number of nitrogens with zero attached hydrogens (tertiary/aromatic N) is 3. The molecule has 5 rings (SSSR count). The van der Waals surface area contributed by atoms with Crippen LogP contribution in [-0.4, -0.2) is 65.5 Å². The Balaban J connectivity index is 1.45. The molecular weight excluding hydrogens is 342 g/mol. The Bertz CT molecular complexity index is 939. The van der Waals surface area contributed by atoms with E-state index in [0.29, 0.717) is 25.6 Å². The highest BCUT2D eigenvalue weighted by molar-refractivity contribution is 6.06. The molecule has 3 aliphatic rings. The lowest BCUT2D eigenvalue weighted by atomic mass is 10.0. The fraction of sp³-hybridized carbons (Fsp3) is 0.476. The van der Waals surface area contributed by atoms with Gasteiger partial charge < -0.3 is 14.5 Å². The van der Waals surface area contributed by atoms with Crippen molar-refractivity contribution in [1.82, 2.24) is 14.8 Å². The molecule has 6 heteroatoms. The number of morpholine rings is 1. The zero-order valence-corrected chi connectivity index (χ0v) is 15.5. The number of benzene rings is 1. The van der Waals surface area contributed by atoms with Crippen LogP contribution in [0.1, 0.15) is 41.2 Å². The zero-order chi connectivity index (χ0) is 18.6.